The Morgan fingerprint density at radius 3 is 3.00 bits per heavy atom. The van der Waals surface area contributed by atoms with Crippen molar-refractivity contribution in [3.8, 4) is 0 Å². The van der Waals surface area contributed by atoms with Crippen molar-refractivity contribution >= 4 is 20.9 Å². The van der Waals surface area contributed by atoms with E-state index in [0.29, 0.717) is 6.42 Å². The van der Waals surface area contributed by atoms with E-state index in [2.05, 4.69) is 15.0 Å². The van der Waals surface area contributed by atoms with Gasteiger partial charge in [0.25, 0.3) is 0 Å². The molecular formula is C10H11N3O2S. The first kappa shape index (κ1) is 9.77. The Labute approximate surface area is 92.8 Å². The zero-order chi connectivity index (χ0) is 11.2. The molecule has 3 heterocycles. The number of hydrogen-bond donors (Lipinski definition) is 1. The van der Waals surface area contributed by atoms with Crippen LogP contribution in [-0.2, 0) is 9.84 Å². The molecule has 0 aromatic carbocycles. The number of sulfone groups is 1. The van der Waals surface area contributed by atoms with Crippen molar-refractivity contribution in [2.45, 2.75) is 12.3 Å². The number of aromatic amines is 1. The van der Waals surface area contributed by atoms with Crippen LogP contribution in [-0.4, -0.2) is 34.9 Å². The van der Waals surface area contributed by atoms with Gasteiger partial charge in [0, 0.05) is 12.1 Å². The van der Waals surface area contributed by atoms with Crippen LogP contribution in [0, 0.1) is 0 Å². The highest BCUT2D eigenvalue weighted by atomic mass is 32.2. The normalized spacial score (nSPS) is 23.9. The van der Waals surface area contributed by atoms with Crippen LogP contribution >= 0.6 is 0 Å². The second-order valence-corrected chi connectivity index (χ2v) is 6.34. The van der Waals surface area contributed by atoms with E-state index in [1.54, 1.807) is 12.4 Å². The van der Waals surface area contributed by atoms with Crippen molar-refractivity contribution in [2.75, 3.05) is 11.5 Å². The van der Waals surface area contributed by atoms with E-state index in [-0.39, 0.29) is 17.4 Å². The summed E-state index contributed by atoms with van der Waals surface area (Å²) in [7, 11) is -2.86. The highest BCUT2D eigenvalue weighted by molar-refractivity contribution is 7.91. The van der Waals surface area contributed by atoms with Crippen LogP contribution in [0.3, 0.4) is 0 Å². The lowest BCUT2D eigenvalue weighted by Crippen LogP contribution is -2.04. The third-order valence-corrected chi connectivity index (χ3v) is 4.69. The van der Waals surface area contributed by atoms with Crippen LogP contribution in [0.25, 0.3) is 11.0 Å². The van der Waals surface area contributed by atoms with Crippen molar-refractivity contribution in [1.82, 2.24) is 15.0 Å². The van der Waals surface area contributed by atoms with Crippen molar-refractivity contribution in [1.29, 1.82) is 0 Å². The molecule has 1 saturated heterocycles. The first-order valence-electron chi connectivity index (χ1n) is 5.14. The van der Waals surface area contributed by atoms with E-state index in [1.165, 1.54) is 0 Å². The van der Waals surface area contributed by atoms with Gasteiger partial charge in [-0.3, -0.25) is 4.98 Å². The van der Waals surface area contributed by atoms with Gasteiger partial charge in [-0.25, -0.2) is 13.4 Å². The Kier molecular flexibility index (Phi) is 2.00. The Morgan fingerprint density at radius 2 is 2.31 bits per heavy atom. The number of nitrogens with one attached hydrogen (secondary N) is 1. The molecule has 1 N–H and O–H groups in total. The minimum absolute atomic E-state index is 0.0115. The molecule has 0 amide bonds. The van der Waals surface area contributed by atoms with Gasteiger partial charge in [-0.15, -0.1) is 0 Å². The largest absolute Gasteiger partial charge is 0.340 e. The quantitative estimate of drug-likeness (QED) is 0.798. The number of hydrogen-bond acceptors (Lipinski definition) is 4. The van der Waals surface area contributed by atoms with Crippen LogP contribution in [0.1, 0.15) is 18.2 Å². The molecule has 6 heteroatoms. The molecule has 0 saturated carbocycles. The number of H-pyrrole nitrogens is 1. The first-order valence-corrected chi connectivity index (χ1v) is 6.96. The van der Waals surface area contributed by atoms with Crippen molar-refractivity contribution in [3.63, 3.8) is 0 Å². The Hall–Kier alpha value is -1.43. The number of imidazole rings is 1. The molecule has 0 bridgehead atoms. The molecule has 0 spiro atoms. The lowest BCUT2D eigenvalue weighted by atomic mass is 10.1. The average Bonchev–Trinajstić information content (AvgIpc) is 2.80. The molecule has 1 atom stereocenters. The van der Waals surface area contributed by atoms with Gasteiger partial charge in [0.2, 0.25) is 0 Å². The smallest absolute Gasteiger partial charge is 0.151 e. The first-order chi connectivity index (χ1) is 7.64. The van der Waals surface area contributed by atoms with E-state index in [0.717, 1.165) is 16.9 Å². The molecule has 16 heavy (non-hydrogen) atoms. The summed E-state index contributed by atoms with van der Waals surface area (Å²) in [6.07, 6.45) is 4.04. The van der Waals surface area contributed by atoms with Crippen molar-refractivity contribution < 1.29 is 8.42 Å². The number of fused-ring (bicyclic) bond motifs is 1. The lowest BCUT2D eigenvalue weighted by molar-refractivity contribution is 0.601. The SMILES string of the molecule is O=S1(=O)CCC(c2nc3ccncc3[nH]2)C1. The fourth-order valence-corrected chi connectivity index (χ4v) is 3.83. The molecule has 1 unspecified atom stereocenters. The molecular weight excluding hydrogens is 226 g/mol. The molecule has 5 nitrogen and oxygen atoms in total. The topological polar surface area (TPSA) is 75.7 Å². The molecule has 1 aliphatic heterocycles. The summed E-state index contributed by atoms with van der Waals surface area (Å²) >= 11 is 0. The van der Waals surface area contributed by atoms with E-state index in [9.17, 15) is 8.42 Å². The monoisotopic (exact) mass is 237 g/mol. The summed E-state index contributed by atoms with van der Waals surface area (Å²) in [4.78, 5) is 11.5. The predicted octanol–water partition coefficient (Wildman–Crippen LogP) is 0.860. The summed E-state index contributed by atoms with van der Waals surface area (Å²) in [6.45, 7) is 0. The summed E-state index contributed by atoms with van der Waals surface area (Å²) in [5.74, 6) is 1.26. The third kappa shape index (κ3) is 1.59. The van der Waals surface area contributed by atoms with Crippen LogP contribution < -0.4 is 0 Å². The van der Waals surface area contributed by atoms with Crippen molar-refractivity contribution in [2.24, 2.45) is 0 Å². The van der Waals surface area contributed by atoms with Crippen molar-refractivity contribution in [3.05, 3.63) is 24.3 Å². The van der Waals surface area contributed by atoms with E-state index >= 15 is 0 Å². The Balaban J connectivity index is 2.01. The van der Waals surface area contributed by atoms with Crippen LogP contribution in [0.2, 0.25) is 0 Å². The van der Waals surface area contributed by atoms with E-state index in [4.69, 9.17) is 0 Å². The minimum atomic E-state index is -2.86. The van der Waals surface area contributed by atoms with Crippen LogP contribution in [0.4, 0.5) is 0 Å². The van der Waals surface area contributed by atoms with E-state index in [1.807, 2.05) is 6.07 Å². The second kappa shape index (κ2) is 3.28. The Morgan fingerprint density at radius 1 is 1.44 bits per heavy atom. The maximum Gasteiger partial charge on any atom is 0.151 e. The van der Waals surface area contributed by atoms with Gasteiger partial charge in [-0.1, -0.05) is 0 Å². The fraction of sp³-hybridized carbons (Fsp3) is 0.400. The van der Waals surface area contributed by atoms with Crippen LogP contribution in [0.15, 0.2) is 18.5 Å². The van der Waals surface area contributed by atoms with E-state index < -0.39 is 9.84 Å². The van der Waals surface area contributed by atoms with Gasteiger partial charge in [0.1, 0.15) is 5.82 Å². The minimum Gasteiger partial charge on any atom is -0.340 e. The fourth-order valence-electron chi connectivity index (χ4n) is 2.08. The van der Waals surface area contributed by atoms with Gasteiger partial charge in [-0.2, -0.15) is 0 Å². The highest BCUT2D eigenvalue weighted by Crippen LogP contribution is 2.27. The average molecular weight is 237 g/mol. The lowest BCUT2D eigenvalue weighted by Gasteiger charge is -2.01. The molecule has 3 rings (SSSR count). The number of nitrogens with zero attached hydrogens (tertiary/aromatic N) is 2. The number of aromatic nitrogens is 3. The van der Waals surface area contributed by atoms with Gasteiger partial charge >= 0.3 is 0 Å². The maximum atomic E-state index is 11.4. The molecule has 84 valence electrons. The zero-order valence-electron chi connectivity index (χ0n) is 8.55. The molecule has 1 aliphatic rings. The maximum absolute atomic E-state index is 11.4. The molecule has 0 radical (unpaired) electrons. The summed E-state index contributed by atoms with van der Waals surface area (Å²) in [6, 6.07) is 1.82. The van der Waals surface area contributed by atoms with Gasteiger partial charge in [0.15, 0.2) is 9.84 Å². The molecule has 2 aromatic rings. The predicted molar refractivity (Wildman–Crippen MR) is 59.9 cm³/mol. The van der Waals surface area contributed by atoms with Gasteiger partial charge in [0.05, 0.1) is 28.7 Å². The number of pyridine rings is 1. The Bertz CT molecular complexity index is 599. The van der Waals surface area contributed by atoms with Gasteiger partial charge < -0.3 is 4.98 Å². The molecule has 2 aromatic heterocycles. The van der Waals surface area contributed by atoms with Gasteiger partial charge in [-0.05, 0) is 12.5 Å². The summed E-state index contributed by atoms with van der Waals surface area (Å²) in [5.41, 5.74) is 1.70. The summed E-state index contributed by atoms with van der Waals surface area (Å²) < 4.78 is 22.8. The standard InChI is InChI=1S/C10H11N3O2S/c14-16(15)4-2-7(6-16)10-12-8-1-3-11-5-9(8)13-10/h1,3,5,7H,2,4,6H2,(H,12,13). The third-order valence-electron chi connectivity index (χ3n) is 2.92. The zero-order valence-corrected chi connectivity index (χ0v) is 9.37. The highest BCUT2D eigenvalue weighted by Gasteiger charge is 2.30. The summed E-state index contributed by atoms with van der Waals surface area (Å²) in [5, 5.41) is 0. The van der Waals surface area contributed by atoms with Crippen LogP contribution in [0.5, 0.6) is 0 Å². The molecule has 0 aliphatic carbocycles. The molecule has 1 fully saturated rings. The number of rotatable bonds is 1. The second-order valence-electron chi connectivity index (χ2n) is 4.11.